The van der Waals surface area contributed by atoms with Crippen LogP contribution in [0.4, 0.5) is 0 Å². The Hall–Kier alpha value is -1.93. The van der Waals surface area contributed by atoms with Gasteiger partial charge in [0, 0.05) is 19.3 Å². The quantitative estimate of drug-likeness (QED) is 0.0271. The second kappa shape index (κ2) is 35.1. The summed E-state index contributed by atoms with van der Waals surface area (Å²) in [6.07, 6.45) is 35.1. The van der Waals surface area contributed by atoms with E-state index in [0.29, 0.717) is 12.8 Å². The number of quaternary nitrogens is 1. The molecular weight excluding hydrogens is 642 g/mol. The van der Waals surface area contributed by atoms with Crippen LogP contribution in [0.3, 0.4) is 0 Å². The van der Waals surface area contributed by atoms with Crippen LogP contribution < -0.4 is 5.11 Å². The number of carbonyl (C=O) groups excluding carboxylic acids is 3. The van der Waals surface area contributed by atoms with Crippen molar-refractivity contribution in [3.8, 4) is 0 Å². The smallest absolute Gasteiger partial charge is 0.306 e. The van der Waals surface area contributed by atoms with Crippen LogP contribution in [0, 0.1) is 0 Å². The van der Waals surface area contributed by atoms with Crippen molar-refractivity contribution < 1.29 is 38.2 Å². The summed E-state index contributed by atoms with van der Waals surface area (Å²) in [5.41, 5.74) is 0. The first-order chi connectivity index (χ1) is 24.6. The molecule has 2 atom stereocenters. The molecule has 0 aromatic carbocycles. The molecule has 0 radical (unpaired) electrons. The van der Waals surface area contributed by atoms with Crippen LogP contribution in [0.25, 0.3) is 0 Å². The zero-order valence-electron chi connectivity index (χ0n) is 34.0. The molecule has 0 aromatic heterocycles. The molecule has 0 fully saturated rings. The van der Waals surface area contributed by atoms with E-state index in [1.165, 1.54) is 109 Å². The number of allylic oxidation sites excluding steroid dienone is 2. The fourth-order valence-corrected chi connectivity index (χ4v) is 6.30. The molecule has 0 aromatic rings. The number of nitrogens with zero attached hydrogens (tertiary/aromatic N) is 1. The highest BCUT2D eigenvalue weighted by atomic mass is 16.6. The lowest BCUT2D eigenvalue weighted by molar-refractivity contribution is -0.889. The van der Waals surface area contributed by atoms with Crippen LogP contribution in [-0.2, 0) is 28.6 Å². The number of rotatable bonds is 38. The van der Waals surface area contributed by atoms with Gasteiger partial charge in [0.25, 0.3) is 0 Å². The molecule has 0 N–H and O–H groups in total. The van der Waals surface area contributed by atoms with Gasteiger partial charge in [-0.25, -0.2) is 0 Å². The zero-order chi connectivity index (χ0) is 37.8. The van der Waals surface area contributed by atoms with E-state index in [4.69, 9.17) is 14.2 Å². The lowest BCUT2D eigenvalue weighted by atomic mass is 10.0. The fraction of sp³-hybridized carbons (Fsp3) is 0.884. The molecule has 2 unspecified atom stereocenters. The summed E-state index contributed by atoms with van der Waals surface area (Å²) in [5.74, 6) is -1.74. The van der Waals surface area contributed by atoms with Crippen molar-refractivity contribution in [2.45, 2.75) is 206 Å². The van der Waals surface area contributed by atoms with Gasteiger partial charge >= 0.3 is 11.9 Å². The minimum absolute atomic E-state index is 0.0426. The minimum atomic E-state index is -1.12. The van der Waals surface area contributed by atoms with Crippen LogP contribution in [-0.4, -0.2) is 75.5 Å². The SMILES string of the molecule is CCCCCCCC/C=C\CCCCCCCC(=O)OC(COCCC(C(=O)[O-])[N+](C)(C)C)COC(=O)CCCCCCCCCCCCCC. The van der Waals surface area contributed by atoms with Gasteiger partial charge in [0.2, 0.25) is 0 Å². The number of aliphatic carboxylic acids is 1. The average molecular weight is 724 g/mol. The monoisotopic (exact) mass is 724 g/mol. The molecule has 0 aliphatic carbocycles. The van der Waals surface area contributed by atoms with Gasteiger partial charge in [-0.3, -0.25) is 9.59 Å². The molecule has 51 heavy (non-hydrogen) atoms. The van der Waals surface area contributed by atoms with Crippen molar-refractivity contribution >= 4 is 17.9 Å². The molecule has 8 nitrogen and oxygen atoms in total. The zero-order valence-corrected chi connectivity index (χ0v) is 34.0. The number of ether oxygens (including phenoxy) is 3. The summed E-state index contributed by atoms with van der Waals surface area (Å²) in [7, 11) is 5.40. The summed E-state index contributed by atoms with van der Waals surface area (Å²) in [5, 5.41) is 11.6. The van der Waals surface area contributed by atoms with Gasteiger partial charge in [0.1, 0.15) is 12.6 Å². The van der Waals surface area contributed by atoms with Crippen molar-refractivity contribution in [2.24, 2.45) is 0 Å². The number of hydrogen-bond donors (Lipinski definition) is 0. The number of carbonyl (C=O) groups is 3. The predicted octanol–water partition coefficient (Wildman–Crippen LogP) is 9.80. The van der Waals surface area contributed by atoms with Gasteiger partial charge < -0.3 is 28.6 Å². The largest absolute Gasteiger partial charge is 0.544 e. The Bertz CT molecular complexity index is 854. The van der Waals surface area contributed by atoms with Gasteiger partial charge in [0.15, 0.2) is 6.10 Å². The van der Waals surface area contributed by atoms with E-state index >= 15 is 0 Å². The molecule has 0 heterocycles. The summed E-state index contributed by atoms with van der Waals surface area (Å²) >= 11 is 0. The Balaban J connectivity index is 4.36. The van der Waals surface area contributed by atoms with Gasteiger partial charge in [-0.05, 0) is 38.5 Å². The van der Waals surface area contributed by atoms with Crippen LogP contribution >= 0.6 is 0 Å². The first-order valence-corrected chi connectivity index (χ1v) is 21.2. The van der Waals surface area contributed by atoms with Crippen molar-refractivity contribution in [3.05, 3.63) is 12.2 Å². The highest BCUT2D eigenvalue weighted by Crippen LogP contribution is 2.14. The van der Waals surface area contributed by atoms with E-state index in [-0.39, 0.29) is 42.7 Å². The molecule has 0 rings (SSSR count). The summed E-state index contributed by atoms with van der Waals surface area (Å²) in [6.45, 7) is 4.65. The standard InChI is InChI=1S/C43H81NO7/c1-6-8-10-12-14-16-18-20-21-22-24-26-28-30-32-34-42(46)51-39(37-49-36-35-40(43(47)48)44(3,4)5)38-50-41(45)33-31-29-27-25-23-19-17-15-13-11-9-7-2/h20-21,39-40H,6-19,22-38H2,1-5H3/b21-20-. The highest BCUT2D eigenvalue weighted by molar-refractivity contribution is 5.70. The Kier molecular flexibility index (Phi) is 33.8. The molecule has 0 amide bonds. The van der Waals surface area contributed by atoms with Crippen molar-refractivity contribution in [2.75, 3.05) is 41.0 Å². The van der Waals surface area contributed by atoms with E-state index in [1.54, 1.807) is 21.1 Å². The Morgan fingerprint density at radius 3 is 1.41 bits per heavy atom. The van der Waals surface area contributed by atoms with E-state index in [9.17, 15) is 19.5 Å². The first-order valence-electron chi connectivity index (χ1n) is 21.2. The van der Waals surface area contributed by atoms with E-state index < -0.39 is 18.1 Å². The van der Waals surface area contributed by atoms with Gasteiger partial charge in [-0.15, -0.1) is 0 Å². The predicted molar refractivity (Wildman–Crippen MR) is 208 cm³/mol. The second-order valence-electron chi connectivity index (χ2n) is 15.6. The first kappa shape index (κ1) is 49.1. The lowest BCUT2D eigenvalue weighted by Gasteiger charge is -2.34. The number of likely N-dealkylation sites (N-methyl/N-ethyl adjacent to an activating group) is 1. The van der Waals surface area contributed by atoms with Gasteiger partial charge in [0.05, 0.1) is 40.3 Å². The summed E-state index contributed by atoms with van der Waals surface area (Å²) in [4.78, 5) is 36.7. The summed E-state index contributed by atoms with van der Waals surface area (Å²) < 4.78 is 17.1. The maximum absolute atomic E-state index is 12.7. The third kappa shape index (κ3) is 33.6. The third-order valence-electron chi connectivity index (χ3n) is 9.65. The number of carboxylic acids is 1. The van der Waals surface area contributed by atoms with Crippen molar-refractivity contribution in [1.29, 1.82) is 0 Å². The van der Waals surface area contributed by atoms with Crippen molar-refractivity contribution in [3.63, 3.8) is 0 Å². The molecule has 300 valence electrons. The summed E-state index contributed by atoms with van der Waals surface area (Å²) in [6, 6.07) is -0.722. The van der Waals surface area contributed by atoms with Crippen LogP contribution in [0.15, 0.2) is 12.2 Å². The molecule has 0 saturated heterocycles. The molecule has 0 spiro atoms. The average Bonchev–Trinajstić information content (AvgIpc) is 3.08. The molecule has 0 bridgehead atoms. The maximum atomic E-state index is 12.7. The molecular formula is C43H81NO7. The Labute approximate surface area is 314 Å². The fourth-order valence-electron chi connectivity index (χ4n) is 6.30. The van der Waals surface area contributed by atoms with Crippen LogP contribution in [0.5, 0.6) is 0 Å². The van der Waals surface area contributed by atoms with Crippen LogP contribution in [0.1, 0.15) is 194 Å². The highest BCUT2D eigenvalue weighted by Gasteiger charge is 2.25. The molecule has 0 aliphatic heterocycles. The van der Waals surface area contributed by atoms with E-state index in [0.717, 1.165) is 51.4 Å². The Morgan fingerprint density at radius 1 is 0.569 bits per heavy atom. The van der Waals surface area contributed by atoms with Gasteiger partial charge in [-0.1, -0.05) is 148 Å². The number of unbranched alkanes of at least 4 members (excludes halogenated alkanes) is 22. The lowest BCUT2D eigenvalue weighted by Crippen LogP contribution is -2.55. The number of carboxylic acid groups (broad SMARTS) is 1. The number of esters is 2. The minimum Gasteiger partial charge on any atom is -0.544 e. The van der Waals surface area contributed by atoms with Gasteiger partial charge in [-0.2, -0.15) is 0 Å². The topological polar surface area (TPSA) is 102 Å². The van der Waals surface area contributed by atoms with E-state index in [2.05, 4.69) is 26.0 Å². The third-order valence-corrected chi connectivity index (χ3v) is 9.65. The second-order valence-corrected chi connectivity index (χ2v) is 15.6. The maximum Gasteiger partial charge on any atom is 0.306 e. The molecule has 0 saturated carbocycles. The number of hydrogen-bond acceptors (Lipinski definition) is 7. The van der Waals surface area contributed by atoms with Crippen LogP contribution in [0.2, 0.25) is 0 Å². The molecule has 0 aliphatic rings. The molecule has 8 heteroatoms. The van der Waals surface area contributed by atoms with Crippen molar-refractivity contribution in [1.82, 2.24) is 0 Å². The van der Waals surface area contributed by atoms with E-state index in [1.807, 2.05) is 0 Å². The Morgan fingerprint density at radius 2 is 0.980 bits per heavy atom. The normalized spacial score (nSPS) is 13.0.